The fourth-order valence-electron chi connectivity index (χ4n) is 3.59. The van der Waals surface area contributed by atoms with Gasteiger partial charge in [-0.15, -0.1) is 0 Å². The van der Waals surface area contributed by atoms with Crippen LogP contribution in [0.1, 0.15) is 46.6 Å². The van der Waals surface area contributed by atoms with E-state index in [4.69, 9.17) is 9.47 Å². The van der Waals surface area contributed by atoms with Gasteiger partial charge in [0.25, 0.3) is 0 Å². The minimum atomic E-state index is -1.51. The summed E-state index contributed by atoms with van der Waals surface area (Å²) in [7, 11) is 0. The van der Waals surface area contributed by atoms with E-state index in [0.717, 1.165) is 6.07 Å². The normalized spacial score (nSPS) is 24.4. The first-order chi connectivity index (χ1) is 13.4. The van der Waals surface area contributed by atoms with Gasteiger partial charge in [0, 0.05) is 11.5 Å². The van der Waals surface area contributed by atoms with E-state index in [0.29, 0.717) is 0 Å². The molecule has 1 aromatic carbocycles. The van der Waals surface area contributed by atoms with Crippen LogP contribution in [0.2, 0.25) is 0 Å². The van der Waals surface area contributed by atoms with Crippen molar-refractivity contribution in [3.8, 4) is 12.1 Å². The largest absolute Gasteiger partial charge is 0.444 e. The molecule has 0 unspecified atom stereocenters. The zero-order chi connectivity index (χ0) is 22.0. The average molecular weight is 405 g/mol. The Kier molecular flexibility index (Phi) is 6.20. The number of ether oxygens (including phenoxy) is 2. The zero-order valence-electron chi connectivity index (χ0n) is 17.2. The summed E-state index contributed by atoms with van der Waals surface area (Å²) in [5.74, 6) is -2.88. The predicted octanol–water partition coefficient (Wildman–Crippen LogP) is 4.16. The Bertz CT molecular complexity index is 855. The van der Waals surface area contributed by atoms with Crippen LogP contribution in [0, 0.1) is 45.6 Å². The molecular weight excluding hydrogens is 380 g/mol. The Balaban J connectivity index is 2.60. The van der Waals surface area contributed by atoms with Gasteiger partial charge in [-0.05, 0) is 47.1 Å². The summed E-state index contributed by atoms with van der Waals surface area (Å²) >= 11 is 0. The molecule has 1 aliphatic rings. The molecule has 1 heterocycles. The summed E-state index contributed by atoms with van der Waals surface area (Å²) in [6, 6.07) is 7.58. The molecule has 1 aromatic rings. The first kappa shape index (κ1) is 22.6. The summed E-state index contributed by atoms with van der Waals surface area (Å²) in [4.78, 5) is 12.6. The van der Waals surface area contributed by atoms with Crippen molar-refractivity contribution in [2.75, 3.05) is 6.61 Å². The first-order valence-corrected chi connectivity index (χ1v) is 9.27. The molecule has 29 heavy (non-hydrogen) atoms. The smallest absolute Gasteiger partial charge is 0.408 e. The maximum atomic E-state index is 14.8. The molecule has 0 aliphatic carbocycles. The standard InChI is InChI=1S/C21H25F2N3O3/c1-13-15(9-20(5,10-24)11-25)21(12-28-13,26-18(27)29-19(2,3)4)14-7-6-8-16(22)17(14)23/h6-8,13,15H,9,12H2,1-5H3,(H,26,27)/t13-,15-,21-/m1/s1. The minimum absolute atomic E-state index is 0.0209. The van der Waals surface area contributed by atoms with E-state index in [1.165, 1.54) is 19.1 Å². The van der Waals surface area contributed by atoms with Gasteiger partial charge >= 0.3 is 6.09 Å². The second-order valence-corrected chi connectivity index (χ2v) is 8.58. The fourth-order valence-corrected chi connectivity index (χ4v) is 3.59. The van der Waals surface area contributed by atoms with Crippen molar-refractivity contribution in [1.29, 1.82) is 10.5 Å². The number of hydrogen-bond acceptors (Lipinski definition) is 5. The van der Waals surface area contributed by atoms with Gasteiger partial charge in [-0.25, -0.2) is 13.6 Å². The number of nitrogens with one attached hydrogen (secondary N) is 1. The SMILES string of the molecule is C[C@H]1OC[C@@](NC(=O)OC(C)(C)C)(c2cccc(F)c2F)[C@@H]1CC(C)(C#N)C#N. The molecule has 0 saturated carbocycles. The van der Waals surface area contributed by atoms with Crippen LogP contribution in [-0.4, -0.2) is 24.4 Å². The number of amides is 1. The Hall–Kier alpha value is -2.71. The van der Waals surface area contributed by atoms with Crippen LogP contribution in [0.5, 0.6) is 0 Å². The van der Waals surface area contributed by atoms with E-state index in [-0.39, 0.29) is 18.6 Å². The highest BCUT2D eigenvalue weighted by Gasteiger charge is 2.54. The maximum Gasteiger partial charge on any atom is 0.408 e. The maximum absolute atomic E-state index is 14.8. The number of nitrogens with zero attached hydrogens (tertiary/aromatic N) is 2. The minimum Gasteiger partial charge on any atom is -0.444 e. The Morgan fingerprint density at radius 3 is 2.48 bits per heavy atom. The van der Waals surface area contributed by atoms with Crippen LogP contribution >= 0.6 is 0 Å². The van der Waals surface area contributed by atoms with Gasteiger partial charge in [0.05, 0.1) is 24.8 Å². The molecule has 8 heteroatoms. The molecule has 1 aliphatic heterocycles. The lowest BCUT2D eigenvalue weighted by atomic mass is 9.70. The van der Waals surface area contributed by atoms with E-state index in [9.17, 15) is 24.1 Å². The second kappa shape index (κ2) is 7.96. The van der Waals surface area contributed by atoms with Crippen molar-refractivity contribution in [2.45, 2.75) is 58.3 Å². The number of nitriles is 2. The summed E-state index contributed by atoms with van der Waals surface area (Å²) in [6.45, 7) is 8.03. The third kappa shape index (κ3) is 4.65. The van der Waals surface area contributed by atoms with Gasteiger partial charge in [0.15, 0.2) is 11.6 Å². The van der Waals surface area contributed by atoms with Gasteiger partial charge in [-0.1, -0.05) is 12.1 Å². The molecule has 1 amide bonds. The summed E-state index contributed by atoms with van der Waals surface area (Å²) in [5.41, 5.74) is -3.85. The molecule has 1 N–H and O–H groups in total. The van der Waals surface area contributed by atoms with Crippen molar-refractivity contribution in [3.05, 3.63) is 35.4 Å². The summed E-state index contributed by atoms with van der Waals surface area (Å²) in [5, 5.41) is 21.6. The number of halogens is 2. The molecule has 0 spiro atoms. The quantitative estimate of drug-likeness (QED) is 0.811. The molecule has 0 bridgehead atoms. The second-order valence-electron chi connectivity index (χ2n) is 8.58. The molecule has 2 rings (SSSR count). The lowest BCUT2D eigenvalue weighted by Gasteiger charge is -2.38. The molecule has 1 fully saturated rings. The van der Waals surface area contributed by atoms with Crippen molar-refractivity contribution in [3.63, 3.8) is 0 Å². The van der Waals surface area contributed by atoms with Crippen molar-refractivity contribution >= 4 is 6.09 Å². The Labute approximate surface area is 169 Å². The highest BCUT2D eigenvalue weighted by atomic mass is 19.2. The predicted molar refractivity (Wildman–Crippen MR) is 100 cm³/mol. The molecule has 0 radical (unpaired) electrons. The lowest BCUT2D eigenvalue weighted by Crippen LogP contribution is -2.54. The molecule has 6 nitrogen and oxygen atoms in total. The van der Waals surface area contributed by atoms with Gasteiger partial charge in [0.2, 0.25) is 0 Å². The number of rotatable bonds is 4. The van der Waals surface area contributed by atoms with Gasteiger partial charge in [-0.3, -0.25) is 0 Å². The van der Waals surface area contributed by atoms with E-state index >= 15 is 0 Å². The molecular formula is C21H25F2N3O3. The number of hydrogen-bond donors (Lipinski definition) is 1. The molecule has 0 aromatic heterocycles. The van der Waals surface area contributed by atoms with Crippen LogP contribution < -0.4 is 5.32 Å². The summed E-state index contributed by atoms with van der Waals surface area (Å²) < 4.78 is 39.9. The first-order valence-electron chi connectivity index (χ1n) is 9.27. The van der Waals surface area contributed by atoms with Crippen LogP contribution in [0.15, 0.2) is 18.2 Å². The zero-order valence-corrected chi connectivity index (χ0v) is 17.2. The molecule has 1 saturated heterocycles. The topological polar surface area (TPSA) is 95.1 Å². The van der Waals surface area contributed by atoms with Gasteiger partial charge in [-0.2, -0.15) is 10.5 Å². The van der Waals surface area contributed by atoms with Gasteiger partial charge < -0.3 is 14.8 Å². The van der Waals surface area contributed by atoms with Crippen LogP contribution in [0.3, 0.4) is 0 Å². The highest BCUT2D eigenvalue weighted by molar-refractivity contribution is 5.69. The number of carbonyl (C=O) groups is 1. The van der Waals surface area contributed by atoms with Crippen molar-refractivity contribution in [1.82, 2.24) is 5.32 Å². The average Bonchev–Trinajstić information content (AvgIpc) is 2.92. The fraction of sp³-hybridized carbons (Fsp3) is 0.571. The highest BCUT2D eigenvalue weighted by Crippen LogP contribution is 2.46. The van der Waals surface area contributed by atoms with E-state index in [2.05, 4.69) is 5.32 Å². The van der Waals surface area contributed by atoms with Crippen LogP contribution in [0.25, 0.3) is 0 Å². The number of benzene rings is 1. The van der Waals surface area contributed by atoms with Crippen molar-refractivity contribution in [2.24, 2.45) is 11.3 Å². The third-order valence-electron chi connectivity index (χ3n) is 5.05. The van der Waals surface area contributed by atoms with Crippen LogP contribution in [-0.2, 0) is 15.0 Å². The van der Waals surface area contributed by atoms with Gasteiger partial charge in [0.1, 0.15) is 16.6 Å². The number of alkyl carbamates (subject to hydrolysis) is 1. The van der Waals surface area contributed by atoms with Crippen molar-refractivity contribution < 1.29 is 23.0 Å². The lowest BCUT2D eigenvalue weighted by molar-refractivity contribution is 0.0403. The Morgan fingerprint density at radius 1 is 1.31 bits per heavy atom. The molecule has 156 valence electrons. The Morgan fingerprint density at radius 2 is 1.93 bits per heavy atom. The third-order valence-corrected chi connectivity index (χ3v) is 5.05. The van der Waals surface area contributed by atoms with E-state index in [1.807, 2.05) is 12.1 Å². The van der Waals surface area contributed by atoms with E-state index in [1.54, 1.807) is 27.7 Å². The molecule has 3 atom stereocenters. The van der Waals surface area contributed by atoms with Crippen LogP contribution in [0.4, 0.5) is 13.6 Å². The van der Waals surface area contributed by atoms with E-state index < -0.39 is 46.3 Å². The summed E-state index contributed by atoms with van der Waals surface area (Å²) in [6.07, 6.45) is -1.39. The monoisotopic (exact) mass is 405 g/mol. The number of carbonyl (C=O) groups excluding carboxylic acids is 1.